The van der Waals surface area contributed by atoms with E-state index in [9.17, 15) is 45.6 Å². The maximum absolute atomic E-state index is 13.4. The molecule has 0 spiro atoms. The third-order valence-corrected chi connectivity index (χ3v) is 17.0. The first-order valence-electron chi connectivity index (χ1n) is 35.0. The summed E-state index contributed by atoms with van der Waals surface area (Å²) >= 11 is 0. The molecule has 2 heterocycles. The molecule has 12 unspecified atom stereocenters. The summed E-state index contributed by atoms with van der Waals surface area (Å²) in [4.78, 5) is 13.4. The van der Waals surface area contributed by atoms with Crippen molar-refractivity contribution in [3.05, 3.63) is 60.8 Å². The van der Waals surface area contributed by atoms with Crippen molar-refractivity contribution in [3.63, 3.8) is 0 Å². The molecule has 2 saturated heterocycles. The molecule has 2 rings (SSSR count). The van der Waals surface area contributed by atoms with Gasteiger partial charge in [0.1, 0.15) is 48.8 Å². The number of aliphatic hydroxyl groups is 8. The van der Waals surface area contributed by atoms with E-state index < -0.39 is 86.8 Å². The second kappa shape index (κ2) is 55.7. The maximum atomic E-state index is 13.4. The number of rotatable bonds is 57. The lowest BCUT2D eigenvalue weighted by atomic mass is 9.97. The fraction of sp³-hybridized carbons (Fsp3) is 0.845. The monoisotopic (exact) mass is 1200 g/mol. The molecule has 0 radical (unpaired) electrons. The molecule has 496 valence electrons. The van der Waals surface area contributed by atoms with E-state index in [0.29, 0.717) is 12.8 Å². The number of aliphatic hydroxyl groups excluding tert-OH is 8. The van der Waals surface area contributed by atoms with E-state index >= 15 is 0 Å². The van der Waals surface area contributed by atoms with Crippen molar-refractivity contribution in [1.29, 1.82) is 0 Å². The number of ether oxygens (including phenoxy) is 4. The number of amides is 1. The van der Waals surface area contributed by atoms with Crippen LogP contribution in [0.2, 0.25) is 0 Å². The second-order valence-electron chi connectivity index (χ2n) is 24.6. The molecule has 14 heteroatoms. The van der Waals surface area contributed by atoms with Crippen molar-refractivity contribution >= 4 is 5.91 Å². The third-order valence-electron chi connectivity index (χ3n) is 17.0. The summed E-state index contributed by atoms with van der Waals surface area (Å²) in [6, 6.07) is -0.835. The summed E-state index contributed by atoms with van der Waals surface area (Å²) in [5.74, 6) is -0.208. The zero-order valence-corrected chi connectivity index (χ0v) is 53.8. The van der Waals surface area contributed by atoms with E-state index in [1.807, 2.05) is 0 Å². The van der Waals surface area contributed by atoms with E-state index in [2.05, 4.69) is 79.9 Å². The summed E-state index contributed by atoms with van der Waals surface area (Å²) in [6.45, 7) is 2.78. The molecular formula is C71H129NO13. The van der Waals surface area contributed by atoms with Crippen LogP contribution in [-0.4, -0.2) is 140 Å². The summed E-state index contributed by atoms with van der Waals surface area (Å²) in [5.41, 5.74) is 0. The Kier molecular flexibility index (Phi) is 51.7. The minimum absolute atomic E-state index is 0.208. The van der Waals surface area contributed by atoms with Gasteiger partial charge in [-0.3, -0.25) is 4.79 Å². The van der Waals surface area contributed by atoms with Gasteiger partial charge in [0.2, 0.25) is 5.91 Å². The van der Waals surface area contributed by atoms with Gasteiger partial charge in [0.25, 0.3) is 0 Å². The van der Waals surface area contributed by atoms with Crippen LogP contribution in [0.5, 0.6) is 0 Å². The van der Waals surface area contributed by atoms with Gasteiger partial charge in [0, 0.05) is 6.42 Å². The van der Waals surface area contributed by atoms with Crippen molar-refractivity contribution in [2.45, 2.75) is 364 Å². The summed E-state index contributed by atoms with van der Waals surface area (Å²) in [7, 11) is 0. The van der Waals surface area contributed by atoms with Gasteiger partial charge >= 0.3 is 0 Å². The van der Waals surface area contributed by atoms with Gasteiger partial charge in [-0.15, -0.1) is 0 Å². The van der Waals surface area contributed by atoms with Crippen molar-refractivity contribution in [2.24, 2.45) is 0 Å². The van der Waals surface area contributed by atoms with Crippen LogP contribution >= 0.6 is 0 Å². The molecule has 2 aliphatic heterocycles. The molecule has 2 fully saturated rings. The summed E-state index contributed by atoms with van der Waals surface area (Å²) < 4.78 is 22.9. The van der Waals surface area contributed by atoms with Gasteiger partial charge in [0.15, 0.2) is 12.6 Å². The molecule has 85 heavy (non-hydrogen) atoms. The molecule has 14 nitrogen and oxygen atoms in total. The number of carbonyl (C=O) groups is 1. The largest absolute Gasteiger partial charge is 0.394 e. The lowest BCUT2D eigenvalue weighted by molar-refractivity contribution is -0.359. The molecule has 12 atom stereocenters. The Hall–Kier alpha value is -2.31. The van der Waals surface area contributed by atoms with Crippen LogP contribution in [-0.2, 0) is 23.7 Å². The van der Waals surface area contributed by atoms with Gasteiger partial charge in [-0.05, 0) is 57.8 Å². The smallest absolute Gasteiger partial charge is 0.220 e. The standard InChI is InChI=1S/C71H129NO13/c1-3-5-7-9-11-13-15-17-19-21-23-25-27-29-30-31-33-35-37-39-41-43-45-47-49-51-53-55-63(76)72-59(58-82-70-68(81)66(79)69(62(57-74)84-70)85-71-67(80)65(78)64(77)61(56-73)83-71)60(75)54-52-50-48-46-44-42-40-38-36-34-32-28-26-24-22-20-18-16-14-12-10-8-6-4-2/h5,7,11,13,17,19,23,25,29-30,59-62,64-71,73-75,77-81H,3-4,6,8-10,12,14-16,18,20-22,24,26-28,31-58H2,1-2H3,(H,72,76)/b7-5-,13-11-,19-17-,25-23-,30-29-. The van der Waals surface area contributed by atoms with E-state index in [1.54, 1.807) is 0 Å². The molecule has 0 aromatic carbocycles. The van der Waals surface area contributed by atoms with Crippen LogP contribution in [0.15, 0.2) is 60.8 Å². The average molecular weight is 1200 g/mol. The second-order valence-corrected chi connectivity index (χ2v) is 24.6. The topological polar surface area (TPSA) is 228 Å². The fourth-order valence-corrected chi connectivity index (χ4v) is 11.4. The first-order valence-corrected chi connectivity index (χ1v) is 35.0. The number of unbranched alkanes of at least 4 members (excludes halogenated alkanes) is 34. The van der Waals surface area contributed by atoms with Gasteiger partial charge in [-0.1, -0.05) is 286 Å². The first-order chi connectivity index (χ1) is 41.6. The molecule has 9 N–H and O–H groups in total. The predicted molar refractivity (Wildman–Crippen MR) is 346 cm³/mol. The van der Waals surface area contributed by atoms with Gasteiger partial charge in [-0.2, -0.15) is 0 Å². The van der Waals surface area contributed by atoms with Crippen LogP contribution in [0, 0.1) is 0 Å². The SMILES string of the molecule is CC/C=C\C/C=C\C/C=C\C/C=C\C/C=C\CCCCCCCCCCCCCC(=O)NC(COC1OC(CO)C(OC2OC(CO)C(O)C(O)C2O)C(O)C1O)C(O)CCCCCCCCCCCCCCCCCCCCCCCCCC. The Morgan fingerprint density at radius 1 is 0.435 bits per heavy atom. The van der Waals surface area contributed by atoms with E-state index in [1.165, 1.54) is 173 Å². The highest BCUT2D eigenvalue weighted by atomic mass is 16.7. The quantitative estimate of drug-likeness (QED) is 0.0204. The van der Waals surface area contributed by atoms with Crippen molar-refractivity contribution < 1.29 is 64.6 Å². The molecular weight excluding hydrogens is 1070 g/mol. The zero-order valence-electron chi connectivity index (χ0n) is 53.8. The minimum Gasteiger partial charge on any atom is -0.394 e. The van der Waals surface area contributed by atoms with E-state index in [4.69, 9.17) is 18.9 Å². The zero-order chi connectivity index (χ0) is 61.6. The summed E-state index contributed by atoms with van der Waals surface area (Å²) in [6.07, 6.45) is 56.5. The first kappa shape index (κ1) is 78.8. The Bertz CT molecular complexity index is 1660. The van der Waals surface area contributed by atoms with Crippen LogP contribution in [0.4, 0.5) is 0 Å². The Morgan fingerprint density at radius 3 is 1.25 bits per heavy atom. The van der Waals surface area contributed by atoms with Crippen molar-refractivity contribution in [2.75, 3.05) is 19.8 Å². The lowest BCUT2D eigenvalue weighted by Crippen LogP contribution is -2.65. The lowest BCUT2D eigenvalue weighted by Gasteiger charge is -2.46. The van der Waals surface area contributed by atoms with Crippen LogP contribution in [0.25, 0.3) is 0 Å². The number of carbonyl (C=O) groups excluding carboxylic acids is 1. The Labute approximate surface area is 517 Å². The van der Waals surface area contributed by atoms with Crippen LogP contribution < -0.4 is 5.32 Å². The number of nitrogens with one attached hydrogen (secondary N) is 1. The molecule has 2 aliphatic rings. The molecule has 0 aromatic heterocycles. The van der Waals surface area contributed by atoms with Crippen LogP contribution in [0.3, 0.4) is 0 Å². The van der Waals surface area contributed by atoms with E-state index in [-0.39, 0.29) is 12.5 Å². The highest BCUT2D eigenvalue weighted by molar-refractivity contribution is 5.76. The fourth-order valence-electron chi connectivity index (χ4n) is 11.4. The van der Waals surface area contributed by atoms with Gasteiger partial charge in [0.05, 0.1) is 32.0 Å². The predicted octanol–water partition coefficient (Wildman–Crippen LogP) is 14.1. The summed E-state index contributed by atoms with van der Waals surface area (Å²) in [5, 5.41) is 87.6. The normalized spacial score (nSPS) is 23.9. The molecule has 0 bridgehead atoms. The molecule has 0 aliphatic carbocycles. The Morgan fingerprint density at radius 2 is 0.812 bits per heavy atom. The molecule has 1 amide bonds. The highest BCUT2D eigenvalue weighted by Crippen LogP contribution is 2.30. The van der Waals surface area contributed by atoms with Gasteiger partial charge in [-0.25, -0.2) is 0 Å². The van der Waals surface area contributed by atoms with Crippen LogP contribution in [0.1, 0.15) is 290 Å². The number of hydrogen-bond donors (Lipinski definition) is 9. The van der Waals surface area contributed by atoms with Crippen molar-refractivity contribution in [3.8, 4) is 0 Å². The number of hydrogen-bond acceptors (Lipinski definition) is 13. The third kappa shape index (κ3) is 40.1. The molecule has 0 saturated carbocycles. The number of allylic oxidation sites excluding steroid dienone is 10. The minimum atomic E-state index is -1.79. The van der Waals surface area contributed by atoms with Crippen molar-refractivity contribution in [1.82, 2.24) is 5.32 Å². The van der Waals surface area contributed by atoms with E-state index in [0.717, 1.165) is 89.9 Å². The Balaban J connectivity index is 1.68. The molecule has 0 aromatic rings. The maximum Gasteiger partial charge on any atom is 0.220 e. The van der Waals surface area contributed by atoms with Gasteiger partial charge < -0.3 is 65.1 Å². The average Bonchev–Trinajstić information content (AvgIpc) is 3.68. The highest BCUT2D eigenvalue weighted by Gasteiger charge is 2.51.